The summed E-state index contributed by atoms with van der Waals surface area (Å²) in [5.74, 6) is 0.672. The van der Waals surface area contributed by atoms with Gasteiger partial charge in [0.05, 0.1) is 0 Å². The maximum atomic E-state index is 3.54. The summed E-state index contributed by atoms with van der Waals surface area (Å²) in [4.78, 5) is 0. The minimum atomic E-state index is 0.471. The monoisotopic (exact) mass is 217 g/mol. The molecule has 0 saturated carbocycles. The van der Waals surface area contributed by atoms with Crippen LogP contribution in [0.2, 0.25) is 0 Å². The van der Waals surface area contributed by atoms with Crippen molar-refractivity contribution in [3.8, 4) is 0 Å². The zero-order valence-electron chi connectivity index (χ0n) is 10.7. The van der Waals surface area contributed by atoms with Gasteiger partial charge in [-0.25, -0.2) is 0 Å². The van der Waals surface area contributed by atoms with Crippen LogP contribution in [-0.4, -0.2) is 13.1 Å². The molecule has 1 heterocycles. The van der Waals surface area contributed by atoms with Gasteiger partial charge in [-0.1, -0.05) is 50.1 Å². The van der Waals surface area contributed by atoms with Crippen LogP contribution in [-0.2, 0) is 0 Å². The molecule has 1 aromatic carbocycles. The molecule has 0 amide bonds. The van der Waals surface area contributed by atoms with Crippen molar-refractivity contribution in [1.82, 2.24) is 5.32 Å². The van der Waals surface area contributed by atoms with E-state index in [4.69, 9.17) is 0 Å². The van der Waals surface area contributed by atoms with E-state index in [-0.39, 0.29) is 0 Å². The number of hydrogen-bond acceptors (Lipinski definition) is 1. The van der Waals surface area contributed by atoms with E-state index in [2.05, 4.69) is 50.4 Å². The predicted molar refractivity (Wildman–Crippen MR) is 69.8 cm³/mol. The lowest BCUT2D eigenvalue weighted by molar-refractivity contribution is 0.180. The molecule has 0 bridgehead atoms. The Morgan fingerprint density at radius 3 is 2.94 bits per heavy atom. The molecule has 0 spiro atoms. The van der Waals surface area contributed by atoms with Gasteiger partial charge in [0, 0.05) is 12.5 Å². The molecular weight excluding hydrogens is 194 g/mol. The van der Waals surface area contributed by atoms with Gasteiger partial charge in [0.1, 0.15) is 0 Å². The van der Waals surface area contributed by atoms with Crippen molar-refractivity contribution in [2.75, 3.05) is 13.1 Å². The van der Waals surface area contributed by atoms with Crippen molar-refractivity contribution in [3.05, 3.63) is 35.4 Å². The fourth-order valence-corrected chi connectivity index (χ4v) is 2.87. The molecule has 0 radical (unpaired) electrons. The Hall–Kier alpha value is -0.820. The van der Waals surface area contributed by atoms with Crippen LogP contribution in [0.1, 0.15) is 43.7 Å². The van der Waals surface area contributed by atoms with Gasteiger partial charge in [0.2, 0.25) is 0 Å². The highest BCUT2D eigenvalue weighted by Gasteiger charge is 2.35. The second-order valence-corrected chi connectivity index (χ2v) is 5.43. The van der Waals surface area contributed by atoms with Crippen LogP contribution in [0.15, 0.2) is 24.3 Å². The number of aryl methyl sites for hydroxylation is 1. The molecule has 1 heteroatoms. The molecule has 1 fully saturated rings. The van der Waals surface area contributed by atoms with Crippen molar-refractivity contribution < 1.29 is 0 Å². The molecule has 2 unspecified atom stereocenters. The van der Waals surface area contributed by atoms with Crippen LogP contribution in [0, 0.1) is 12.3 Å². The molecule has 1 aromatic rings. The number of piperidine rings is 1. The minimum absolute atomic E-state index is 0.471. The summed E-state index contributed by atoms with van der Waals surface area (Å²) in [6, 6.07) is 9.02. The lowest BCUT2D eigenvalue weighted by Gasteiger charge is -2.42. The topological polar surface area (TPSA) is 12.0 Å². The summed E-state index contributed by atoms with van der Waals surface area (Å²) in [5, 5.41) is 3.54. The van der Waals surface area contributed by atoms with Crippen LogP contribution in [0.5, 0.6) is 0 Å². The Balaban J connectivity index is 2.30. The number of hydrogen-bond donors (Lipinski definition) is 1. The van der Waals surface area contributed by atoms with E-state index >= 15 is 0 Å². The van der Waals surface area contributed by atoms with Gasteiger partial charge < -0.3 is 5.32 Å². The third-order valence-electron chi connectivity index (χ3n) is 4.31. The van der Waals surface area contributed by atoms with Crippen LogP contribution >= 0.6 is 0 Å². The zero-order valence-corrected chi connectivity index (χ0v) is 10.7. The van der Waals surface area contributed by atoms with Crippen molar-refractivity contribution in [3.63, 3.8) is 0 Å². The van der Waals surface area contributed by atoms with Gasteiger partial charge in [-0.2, -0.15) is 0 Å². The molecule has 88 valence electrons. The molecule has 1 aliphatic rings. The summed E-state index contributed by atoms with van der Waals surface area (Å²) < 4.78 is 0. The van der Waals surface area contributed by atoms with Gasteiger partial charge >= 0.3 is 0 Å². The number of rotatable bonds is 2. The molecule has 1 nitrogen and oxygen atoms in total. The maximum Gasteiger partial charge on any atom is 0.00254 e. The summed E-state index contributed by atoms with van der Waals surface area (Å²) in [7, 11) is 0. The van der Waals surface area contributed by atoms with Gasteiger partial charge in [0.15, 0.2) is 0 Å². The lowest BCUT2D eigenvalue weighted by atomic mass is 9.67. The van der Waals surface area contributed by atoms with E-state index in [1.165, 1.54) is 30.5 Å². The van der Waals surface area contributed by atoms with Gasteiger partial charge in [-0.3, -0.25) is 0 Å². The molecule has 1 aliphatic heterocycles. The SMILES string of the molecule is CCC1(C)CCNCC1c1cccc(C)c1. The second-order valence-electron chi connectivity index (χ2n) is 5.43. The first-order valence-corrected chi connectivity index (χ1v) is 6.43. The quantitative estimate of drug-likeness (QED) is 0.799. The van der Waals surface area contributed by atoms with Crippen molar-refractivity contribution in [2.24, 2.45) is 5.41 Å². The van der Waals surface area contributed by atoms with Crippen molar-refractivity contribution >= 4 is 0 Å². The van der Waals surface area contributed by atoms with Crippen LogP contribution in [0.25, 0.3) is 0 Å². The van der Waals surface area contributed by atoms with Gasteiger partial charge in [-0.15, -0.1) is 0 Å². The van der Waals surface area contributed by atoms with Crippen LogP contribution in [0.3, 0.4) is 0 Å². The van der Waals surface area contributed by atoms with E-state index < -0.39 is 0 Å². The smallest absolute Gasteiger partial charge is 0.00254 e. The first-order chi connectivity index (χ1) is 7.65. The fraction of sp³-hybridized carbons (Fsp3) is 0.600. The van der Waals surface area contributed by atoms with Gasteiger partial charge in [-0.05, 0) is 30.9 Å². The lowest BCUT2D eigenvalue weighted by Crippen LogP contribution is -2.41. The molecule has 1 N–H and O–H groups in total. The first kappa shape index (κ1) is 11.7. The van der Waals surface area contributed by atoms with E-state index in [0.29, 0.717) is 11.3 Å². The Labute approximate surface area is 99.3 Å². The largest absolute Gasteiger partial charge is 0.316 e. The van der Waals surface area contributed by atoms with Crippen LogP contribution < -0.4 is 5.32 Å². The van der Waals surface area contributed by atoms with Crippen molar-refractivity contribution in [1.29, 1.82) is 0 Å². The summed E-state index contributed by atoms with van der Waals surface area (Å²) in [5.41, 5.74) is 3.36. The Bertz CT molecular complexity index is 358. The summed E-state index contributed by atoms with van der Waals surface area (Å²) in [6.45, 7) is 9.26. The molecule has 1 saturated heterocycles. The minimum Gasteiger partial charge on any atom is -0.316 e. The average Bonchev–Trinajstić information content (AvgIpc) is 2.29. The average molecular weight is 217 g/mol. The first-order valence-electron chi connectivity index (χ1n) is 6.43. The van der Waals surface area contributed by atoms with E-state index in [1.54, 1.807) is 0 Å². The summed E-state index contributed by atoms with van der Waals surface area (Å²) >= 11 is 0. The van der Waals surface area contributed by atoms with Gasteiger partial charge in [0.25, 0.3) is 0 Å². The maximum absolute atomic E-state index is 3.54. The van der Waals surface area contributed by atoms with E-state index in [0.717, 1.165) is 6.54 Å². The molecule has 0 aromatic heterocycles. The predicted octanol–water partition coefficient (Wildman–Crippen LogP) is 3.49. The highest BCUT2D eigenvalue weighted by atomic mass is 14.9. The van der Waals surface area contributed by atoms with E-state index in [1.807, 2.05) is 0 Å². The normalized spacial score (nSPS) is 30.3. The Kier molecular flexibility index (Phi) is 3.34. The molecular formula is C15H23N. The highest BCUT2D eigenvalue weighted by molar-refractivity contribution is 5.28. The van der Waals surface area contributed by atoms with E-state index in [9.17, 15) is 0 Å². The third kappa shape index (κ3) is 2.15. The molecule has 2 atom stereocenters. The zero-order chi connectivity index (χ0) is 11.6. The second kappa shape index (κ2) is 4.58. The molecule has 2 rings (SSSR count). The summed E-state index contributed by atoms with van der Waals surface area (Å²) in [6.07, 6.45) is 2.56. The van der Waals surface area contributed by atoms with Crippen molar-refractivity contribution in [2.45, 2.75) is 39.5 Å². The highest BCUT2D eigenvalue weighted by Crippen LogP contribution is 2.43. The van der Waals surface area contributed by atoms with Crippen LogP contribution in [0.4, 0.5) is 0 Å². The standard InChI is InChI=1S/C15H23N/c1-4-15(3)8-9-16-11-14(15)13-7-5-6-12(2)10-13/h5-7,10,14,16H,4,8-9,11H2,1-3H3. The fourth-order valence-electron chi connectivity index (χ4n) is 2.87. The number of nitrogens with one attached hydrogen (secondary N) is 1. The Morgan fingerprint density at radius 1 is 1.44 bits per heavy atom. The third-order valence-corrected chi connectivity index (χ3v) is 4.31. The Morgan fingerprint density at radius 2 is 2.25 bits per heavy atom. The number of benzene rings is 1. The molecule has 16 heavy (non-hydrogen) atoms. The molecule has 0 aliphatic carbocycles.